The summed E-state index contributed by atoms with van der Waals surface area (Å²) in [6.07, 6.45) is 0. The molecule has 0 fully saturated rings. The van der Waals surface area contributed by atoms with Gasteiger partial charge in [-0.05, 0) is 5.41 Å². The predicted molar refractivity (Wildman–Crippen MR) is 71.8 cm³/mol. The third-order valence-corrected chi connectivity index (χ3v) is 4.84. The molecule has 0 bridgehead atoms. The first-order chi connectivity index (χ1) is 6.96. The summed E-state index contributed by atoms with van der Waals surface area (Å²) < 4.78 is 25.2. The van der Waals surface area contributed by atoms with Crippen LogP contribution < -0.4 is 5.73 Å². The summed E-state index contributed by atoms with van der Waals surface area (Å²) in [7, 11) is -1.66. The van der Waals surface area contributed by atoms with Crippen molar-refractivity contribution < 1.29 is 8.42 Å². The van der Waals surface area contributed by atoms with Crippen LogP contribution >= 0.6 is 12.2 Å². The van der Waals surface area contributed by atoms with Crippen molar-refractivity contribution in [3.05, 3.63) is 0 Å². The minimum Gasteiger partial charge on any atom is -0.393 e. The second kappa shape index (κ2) is 5.42. The minimum absolute atomic E-state index is 0.102. The van der Waals surface area contributed by atoms with Gasteiger partial charge in [-0.25, -0.2) is 12.7 Å². The summed E-state index contributed by atoms with van der Waals surface area (Å²) in [5, 5.41) is 0. The Morgan fingerprint density at radius 2 is 1.88 bits per heavy atom. The van der Waals surface area contributed by atoms with Crippen LogP contribution in [-0.2, 0) is 10.0 Å². The largest absolute Gasteiger partial charge is 0.393 e. The minimum atomic E-state index is -3.23. The normalized spacial score (nSPS) is 15.1. The maximum Gasteiger partial charge on any atom is 0.214 e. The molecule has 0 aliphatic rings. The lowest BCUT2D eigenvalue weighted by Gasteiger charge is -2.25. The number of nitrogens with two attached hydrogens (primary N) is 1. The van der Waals surface area contributed by atoms with E-state index in [0.717, 1.165) is 0 Å². The Balaban J connectivity index is 4.60. The zero-order chi connectivity index (χ0) is 13.1. The van der Waals surface area contributed by atoms with Gasteiger partial charge in [0.15, 0.2) is 0 Å². The molecule has 0 aliphatic heterocycles. The molecule has 0 aliphatic carbocycles. The molecule has 6 heteroatoms. The monoisotopic (exact) mass is 266 g/mol. The number of thiocarbonyl (C=S) groups is 1. The first kappa shape index (κ1) is 15.8. The maximum atomic E-state index is 11.9. The molecule has 96 valence electrons. The Bertz CT molecular complexity index is 344. The number of sulfonamides is 1. The molecule has 0 spiro atoms. The van der Waals surface area contributed by atoms with Gasteiger partial charge < -0.3 is 5.73 Å². The smallest absolute Gasteiger partial charge is 0.214 e. The standard InChI is InChI=1S/C10H22N2O2S2/c1-8(9(11)15)6-12(5)16(13,14)7-10(2,3)4/h8H,6-7H2,1-5H3,(H2,11,15). The number of hydrogen-bond acceptors (Lipinski definition) is 3. The van der Waals surface area contributed by atoms with Gasteiger partial charge >= 0.3 is 0 Å². The van der Waals surface area contributed by atoms with Crippen molar-refractivity contribution >= 4 is 27.2 Å². The highest BCUT2D eigenvalue weighted by molar-refractivity contribution is 7.89. The van der Waals surface area contributed by atoms with Crippen molar-refractivity contribution in [2.24, 2.45) is 17.1 Å². The number of nitrogens with zero attached hydrogens (tertiary/aromatic N) is 1. The summed E-state index contributed by atoms with van der Waals surface area (Å²) in [6, 6.07) is 0. The molecule has 2 N–H and O–H groups in total. The molecule has 0 radical (unpaired) electrons. The lowest BCUT2D eigenvalue weighted by molar-refractivity contribution is 0.410. The molecule has 16 heavy (non-hydrogen) atoms. The van der Waals surface area contributed by atoms with Crippen LogP contribution in [0.3, 0.4) is 0 Å². The molecule has 0 saturated heterocycles. The molecule has 0 aromatic heterocycles. The van der Waals surface area contributed by atoms with Gasteiger partial charge in [0.2, 0.25) is 10.0 Å². The van der Waals surface area contributed by atoms with E-state index in [0.29, 0.717) is 11.5 Å². The first-order valence-corrected chi connectivity index (χ1v) is 7.21. The number of rotatable bonds is 5. The second-order valence-electron chi connectivity index (χ2n) is 5.40. The van der Waals surface area contributed by atoms with E-state index in [-0.39, 0.29) is 17.1 Å². The average Bonchev–Trinajstić information content (AvgIpc) is 1.98. The van der Waals surface area contributed by atoms with Crippen molar-refractivity contribution in [3.63, 3.8) is 0 Å². The molecule has 4 nitrogen and oxygen atoms in total. The van der Waals surface area contributed by atoms with Crippen molar-refractivity contribution in [1.29, 1.82) is 0 Å². The Morgan fingerprint density at radius 3 is 2.19 bits per heavy atom. The molecule has 0 aromatic carbocycles. The first-order valence-electron chi connectivity index (χ1n) is 5.19. The molecular formula is C10H22N2O2S2. The van der Waals surface area contributed by atoms with Gasteiger partial charge in [-0.15, -0.1) is 0 Å². The van der Waals surface area contributed by atoms with Gasteiger partial charge in [-0.2, -0.15) is 0 Å². The van der Waals surface area contributed by atoms with Gasteiger partial charge in [0, 0.05) is 19.5 Å². The van der Waals surface area contributed by atoms with E-state index >= 15 is 0 Å². The van der Waals surface area contributed by atoms with Gasteiger partial charge in [0.05, 0.1) is 10.7 Å². The van der Waals surface area contributed by atoms with Crippen LogP contribution in [0.1, 0.15) is 27.7 Å². The third-order valence-electron chi connectivity index (χ3n) is 2.11. The fraction of sp³-hybridized carbons (Fsp3) is 0.900. The quantitative estimate of drug-likeness (QED) is 0.760. The van der Waals surface area contributed by atoms with Gasteiger partial charge in [-0.1, -0.05) is 39.9 Å². The van der Waals surface area contributed by atoms with E-state index in [4.69, 9.17) is 18.0 Å². The molecule has 0 rings (SSSR count). The molecule has 0 amide bonds. The summed E-state index contributed by atoms with van der Waals surface area (Å²) in [5.74, 6) is 0.0235. The lowest BCUT2D eigenvalue weighted by Crippen LogP contribution is -2.39. The van der Waals surface area contributed by atoms with Crippen molar-refractivity contribution in [2.75, 3.05) is 19.3 Å². The van der Waals surface area contributed by atoms with Crippen LogP contribution in [0.15, 0.2) is 0 Å². The Hall–Kier alpha value is -0.200. The lowest BCUT2D eigenvalue weighted by atomic mass is 10.0. The SMILES string of the molecule is CC(CN(C)S(=O)(=O)CC(C)(C)C)C(N)=S. The van der Waals surface area contributed by atoms with Crippen LogP contribution in [0.25, 0.3) is 0 Å². The van der Waals surface area contributed by atoms with E-state index in [1.807, 2.05) is 27.7 Å². The highest BCUT2D eigenvalue weighted by Crippen LogP contribution is 2.18. The van der Waals surface area contributed by atoms with E-state index in [1.54, 1.807) is 7.05 Å². The highest BCUT2D eigenvalue weighted by atomic mass is 32.2. The maximum absolute atomic E-state index is 11.9. The van der Waals surface area contributed by atoms with Crippen molar-refractivity contribution in [3.8, 4) is 0 Å². The Labute approximate surface area is 104 Å². The molecule has 0 aromatic rings. The third kappa shape index (κ3) is 5.77. The molecular weight excluding hydrogens is 244 g/mol. The number of hydrogen-bond donors (Lipinski definition) is 1. The van der Waals surface area contributed by atoms with Gasteiger partial charge in [-0.3, -0.25) is 0 Å². The van der Waals surface area contributed by atoms with E-state index < -0.39 is 10.0 Å². The topological polar surface area (TPSA) is 63.4 Å². The van der Waals surface area contributed by atoms with Crippen LogP contribution in [0.2, 0.25) is 0 Å². The zero-order valence-electron chi connectivity index (χ0n) is 10.6. The zero-order valence-corrected chi connectivity index (χ0v) is 12.3. The summed E-state index contributed by atoms with van der Waals surface area (Å²) >= 11 is 4.83. The van der Waals surface area contributed by atoms with Crippen LogP contribution in [0, 0.1) is 11.3 Å². The van der Waals surface area contributed by atoms with E-state index in [2.05, 4.69) is 0 Å². The fourth-order valence-corrected chi connectivity index (χ4v) is 3.09. The van der Waals surface area contributed by atoms with Gasteiger partial charge in [0.1, 0.15) is 0 Å². The predicted octanol–water partition coefficient (Wildman–Crippen LogP) is 1.22. The average molecular weight is 266 g/mol. The highest BCUT2D eigenvalue weighted by Gasteiger charge is 2.26. The second-order valence-corrected chi connectivity index (χ2v) is 7.95. The van der Waals surface area contributed by atoms with Crippen molar-refractivity contribution in [1.82, 2.24) is 4.31 Å². The van der Waals surface area contributed by atoms with Crippen LogP contribution in [0.4, 0.5) is 0 Å². The van der Waals surface area contributed by atoms with Crippen molar-refractivity contribution in [2.45, 2.75) is 27.7 Å². The molecule has 0 saturated carbocycles. The summed E-state index contributed by atoms with van der Waals surface area (Å²) in [5.41, 5.74) is 5.21. The summed E-state index contributed by atoms with van der Waals surface area (Å²) in [4.78, 5) is 0.345. The van der Waals surface area contributed by atoms with Gasteiger partial charge in [0.25, 0.3) is 0 Å². The van der Waals surface area contributed by atoms with E-state index in [1.165, 1.54) is 4.31 Å². The summed E-state index contributed by atoms with van der Waals surface area (Å²) in [6.45, 7) is 7.86. The fourth-order valence-electron chi connectivity index (χ4n) is 1.25. The Morgan fingerprint density at radius 1 is 1.44 bits per heavy atom. The molecule has 0 heterocycles. The Kier molecular flexibility index (Phi) is 5.35. The molecule has 1 atom stereocenters. The van der Waals surface area contributed by atoms with Crippen LogP contribution in [0.5, 0.6) is 0 Å². The van der Waals surface area contributed by atoms with E-state index in [9.17, 15) is 8.42 Å². The molecule has 1 unspecified atom stereocenters. The van der Waals surface area contributed by atoms with Crippen LogP contribution in [-0.4, -0.2) is 37.1 Å².